The molecular formula is C12H14F4IN. The Morgan fingerprint density at radius 2 is 2.00 bits per heavy atom. The molecule has 0 aliphatic rings. The summed E-state index contributed by atoms with van der Waals surface area (Å²) in [4.78, 5) is 0. The van der Waals surface area contributed by atoms with Gasteiger partial charge in [0.15, 0.2) is 0 Å². The average molecular weight is 375 g/mol. The molecule has 0 aliphatic heterocycles. The minimum absolute atomic E-state index is 0.0427. The van der Waals surface area contributed by atoms with Gasteiger partial charge in [-0.05, 0) is 53.3 Å². The van der Waals surface area contributed by atoms with Crippen LogP contribution in [0.4, 0.5) is 17.6 Å². The molecule has 0 aromatic heterocycles. The van der Waals surface area contributed by atoms with Crippen molar-refractivity contribution in [3.63, 3.8) is 0 Å². The Morgan fingerprint density at radius 3 is 2.50 bits per heavy atom. The standard InChI is InChI=1S/C12H14F4IN/c1-2-18-11(5-6-12(14,15)16)9-4-3-8(13)7-10(9)17/h3-4,7,11,18H,2,5-6H2,1H3. The Bertz CT molecular complexity index is 392. The monoisotopic (exact) mass is 375 g/mol. The summed E-state index contributed by atoms with van der Waals surface area (Å²) in [5.74, 6) is -0.380. The van der Waals surface area contributed by atoms with E-state index >= 15 is 0 Å². The minimum Gasteiger partial charge on any atom is -0.310 e. The van der Waals surface area contributed by atoms with E-state index in [1.165, 1.54) is 12.1 Å². The molecule has 0 fully saturated rings. The summed E-state index contributed by atoms with van der Waals surface area (Å²) in [5, 5.41) is 3.00. The summed E-state index contributed by atoms with van der Waals surface area (Å²) in [7, 11) is 0. The number of halogens is 5. The molecule has 0 spiro atoms. The lowest BCUT2D eigenvalue weighted by Crippen LogP contribution is -2.24. The summed E-state index contributed by atoms with van der Waals surface area (Å²) in [5.41, 5.74) is 0.711. The van der Waals surface area contributed by atoms with Gasteiger partial charge in [-0.25, -0.2) is 4.39 Å². The molecule has 0 radical (unpaired) electrons. The molecule has 0 saturated carbocycles. The van der Waals surface area contributed by atoms with Crippen LogP contribution < -0.4 is 5.32 Å². The van der Waals surface area contributed by atoms with E-state index in [-0.39, 0.29) is 12.2 Å². The van der Waals surface area contributed by atoms with E-state index in [1.807, 2.05) is 29.5 Å². The lowest BCUT2D eigenvalue weighted by atomic mass is 10.0. The predicted octanol–water partition coefficient (Wildman–Crippen LogP) is 4.42. The molecule has 0 amide bonds. The molecule has 102 valence electrons. The Morgan fingerprint density at radius 1 is 1.33 bits per heavy atom. The van der Waals surface area contributed by atoms with Crippen molar-refractivity contribution in [1.82, 2.24) is 5.32 Å². The molecule has 1 rings (SSSR count). The van der Waals surface area contributed by atoms with Crippen LogP contribution in [-0.4, -0.2) is 12.7 Å². The zero-order valence-electron chi connectivity index (χ0n) is 9.82. The normalized spacial score (nSPS) is 13.7. The molecule has 1 atom stereocenters. The molecule has 0 saturated heterocycles. The van der Waals surface area contributed by atoms with E-state index in [4.69, 9.17) is 0 Å². The summed E-state index contributed by atoms with van der Waals surface area (Å²) in [6, 6.07) is 3.74. The Kier molecular flexibility index (Phi) is 5.84. The van der Waals surface area contributed by atoms with E-state index in [0.717, 1.165) is 0 Å². The highest BCUT2D eigenvalue weighted by molar-refractivity contribution is 14.1. The molecule has 1 unspecified atom stereocenters. The topological polar surface area (TPSA) is 12.0 Å². The van der Waals surface area contributed by atoms with Crippen molar-refractivity contribution in [3.8, 4) is 0 Å². The first kappa shape index (κ1) is 15.7. The largest absolute Gasteiger partial charge is 0.389 e. The molecule has 0 aliphatic carbocycles. The quantitative estimate of drug-likeness (QED) is 0.594. The molecule has 6 heteroatoms. The van der Waals surface area contributed by atoms with Crippen molar-refractivity contribution in [1.29, 1.82) is 0 Å². The molecule has 0 heterocycles. The fourth-order valence-electron chi connectivity index (χ4n) is 1.71. The van der Waals surface area contributed by atoms with Gasteiger partial charge in [0.2, 0.25) is 0 Å². The average Bonchev–Trinajstić information content (AvgIpc) is 2.24. The van der Waals surface area contributed by atoms with Crippen LogP contribution in [0.2, 0.25) is 0 Å². The molecule has 0 bridgehead atoms. The van der Waals surface area contributed by atoms with Gasteiger partial charge in [-0.3, -0.25) is 0 Å². The summed E-state index contributed by atoms with van der Waals surface area (Å²) in [6.07, 6.45) is -5.06. The van der Waals surface area contributed by atoms with Gasteiger partial charge >= 0.3 is 6.18 Å². The van der Waals surface area contributed by atoms with Gasteiger partial charge in [-0.15, -0.1) is 0 Å². The van der Waals surface area contributed by atoms with Crippen LogP contribution in [0.15, 0.2) is 18.2 Å². The van der Waals surface area contributed by atoms with E-state index in [2.05, 4.69) is 5.32 Å². The number of benzene rings is 1. The van der Waals surface area contributed by atoms with Crippen LogP contribution in [0.5, 0.6) is 0 Å². The van der Waals surface area contributed by atoms with Crippen LogP contribution in [0.1, 0.15) is 31.4 Å². The van der Waals surface area contributed by atoms with Crippen LogP contribution >= 0.6 is 22.6 Å². The first-order valence-electron chi connectivity index (χ1n) is 5.58. The number of hydrogen-bond donors (Lipinski definition) is 1. The van der Waals surface area contributed by atoms with E-state index < -0.39 is 18.6 Å². The zero-order valence-corrected chi connectivity index (χ0v) is 12.0. The van der Waals surface area contributed by atoms with E-state index in [1.54, 1.807) is 6.07 Å². The molecular weight excluding hydrogens is 361 g/mol. The number of nitrogens with one attached hydrogen (secondary N) is 1. The van der Waals surface area contributed by atoms with Crippen molar-refractivity contribution < 1.29 is 17.6 Å². The number of rotatable bonds is 5. The van der Waals surface area contributed by atoms with Gasteiger partial charge in [-0.1, -0.05) is 13.0 Å². The van der Waals surface area contributed by atoms with Crippen LogP contribution in [0.25, 0.3) is 0 Å². The summed E-state index contributed by atoms with van der Waals surface area (Å²) < 4.78 is 50.3. The molecule has 1 aromatic rings. The highest BCUT2D eigenvalue weighted by Crippen LogP contribution is 2.29. The van der Waals surface area contributed by atoms with E-state index in [0.29, 0.717) is 15.7 Å². The lowest BCUT2D eigenvalue weighted by Gasteiger charge is -2.20. The van der Waals surface area contributed by atoms with Crippen LogP contribution in [-0.2, 0) is 0 Å². The first-order chi connectivity index (χ1) is 8.33. The molecule has 1 N–H and O–H groups in total. The third-order valence-corrected chi connectivity index (χ3v) is 3.44. The Balaban J connectivity index is 2.83. The van der Waals surface area contributed by atoms with Gasteiger partial charge in [-0.2, -0.15) is 13.2 Å². The van der Waals surface area contributed by atoms with Crippen LogP contribution in [0.3, 0.4) is 0 Å². The van der Waals surface area contributed by atoms with Gasteiger partial charge < -0.3 is 5.32 Å². The third kappa shape index (κ3) is 5.09. The maximum atomic E-state index is 13.0. The fourth-order valence-corrected chi connectivity index (χ4v) is 2.56. The molecule has 18 heavy (non-hydrogen) atoms. The second kappa shape index (κ2) is 6.70. The Labute approximate surface area is 117 Å². The van der Waals surface area contributed by atoms with Crippen molar-refractivity contribution in [2.75, 3.05) is 6.54 Å². The summed E-state index contributed by atoms with van der Waals surface area (Å²) in [6.45, 7) is 2.40. The maximum Gasteiger partial charge on any atom is 0.389 e. The highest BCUT2D eigenvalue weighted by Gasteiger charge is 2.29. The van der Waals surface area contributed by atoms with E-state index in [9.17, 15) is 17.6 Å². The predicted molar refractivity (Wildman–Crippen MR) is 70.8 cm³/mol. The Hall–Kier alpha value is -0.370. The van der Waals surface area contributed by atoms with Gasteiger partial charge in [0.1, 0.15) is 5.82 Å². The van der Waals surface area contributed by atoms with Crippen molar-refractivity contribution >= 4 is 22.6 Å². The van der Waals surface area contributed by atoms with Gasteiger partial charge in [0, 0.05) is 16.0 Å². The maximum absolute atomic E-state index is 13.0. The molecule has 1 aromatic carbocycles. The second-order valence-corrected chi connectivity index (χ2v) is 5.09. The van der Waals surface area contributed by atoms with Crippen LogP contribution in [0, 0.1) is 9.39 Å². The second-order valence-electron chi connectivity index (χ2n) is 3.93. The SMILES string of the molecule is CCNC(CCC(F)(F)F)c1ccc(F)cc1I. The lowest BCUT2D eigenvalue weighted by molar-refractivity contribution is -0.136. The zero-order chi connectivity index (χ0) is 13.8. The van der Waals surface area contributed by atoms with Crippen molar-refractivity contribution in [2.24, 2.45) is 0 Å². The van der Waals surface area contributed by atoms with Crippen molar-refractivity contribution in [3.05, 3.63) is 33.1 Å². The van der Waals surface area contributed by atoms with Gasteiger partial charge in [0.25, 0.3) is 0 Å². The number of alkyl halides is 3. The fraction of sp³-hybridized carbons (Fsp3) is 0.500. The van der Waals surface area contributed by atoms with Gasteiger partial charge in [0.05, 0.1) is 0 Å². The first-order valence-corrected chi connectivity index (χ1v) is 6.66. The highest BCUT2D eigenvalue weighted by atomic mass is 127. The molecule has 1 nitrogen and oxygen atoms in total. The third-order valence-electron chi connectivity index (χ3n) is 2.50. The van der Waals surface area contributed by atoms with Crippen molar-refractivity contribution in [2.45, 2.75) is 32.0 Å². The number of hydrogen-bond acceptors (Lipinski definition) is 1. The minimum atomic E-state index is -4.17. The summed E-state index contributed by atoms with van der Waals surface area (Å²) >= 11 is 1.94. The smallest absolute Gasteiger partial charge is 0.310 e.